The number of esters is 1. The Bertz CT molecular complexity index is 667. The van der Waals surface area contributed by atoms with Crippen LogP contribution >= 0.6 is 11.6 Å². The number of hydrogen-bond donors (Lipinski definition) is 0. The molecule has 1 atom stereocenters. The summed E-state index contributed by atoms with van der Waals surface area (Å²) in [4.78, 5) is 25.9. The summed E-state index contributed by atoms with van der Waals surface area (Å²) >= 11 is 5.87. The second-order valence-corrected chi connectivity index (χ2v) is 6.02. The van der Waals surface area contributed by atoms with Crippen LogP contribution in [0.4, 0.5) is 0 Å². The van der Waals surface area contributed by atoms with Gasteiger partial charge in [0.1, 0.15) is 5.76 Å². The number of hydrogen-bond acceptors (Lipinski definition) is 4. The zero-order valence-electron chi connectivity index (χ0n) is 13.7. The highest BCUT2D eigenvalue weighted by Crippen LogP contribution is 2.14. The van der Waals surface area contributed by atoms with E-state index in [2.05, 4.69) is 0 Å². The molecule has 1 aromatic heterocycles. The molecule has 0 aliphatic carbocycles. The van der Waals surface area contributed by atoms with Gasteiger partial charge in [-0.25, -0.2) is 0 Å². The summed E-state index contributed by atoms with van der Waals surface area (Å²) in [6.45, 7) is 2.30. The van der Waals surface area contributed by atoms with Crippen molar-refractivity contribution in [3.8, 4) is 0 Å². The fourth-order valence-electron chi connectivity index (χ4n) is 2.34. The van der Waals surface area contributed by atoms with Gasteiger partial charge in [-0.1, -0.05) is 30.7 Å². The van der Waals surface area contributed by atoms with Crippen molar-refractivity contribution < 1.29 is 18.7 Å². The van der Waals surface area contributed by atoms with Crippen molar-refractivity contribution in [2.24, 2.45) is 5.92 Å². The van der Waals surface area contributed by atoms with E-state index in [4.69, 9.17) is 20.8 Å². The number of benzene rings is 1. The average Bonchev–Trinajstić information content (AvgIpc) is 3.08. The number of carbonyl (C=O) groups is 2. The van der Waals surface area contributed by atoms with Crippen molar-refractivity contribution in [2.45, 2.75) is 19.9 Å². The maximum Gasteiger partial charge on any atom is 0.310 e. The van der Waals surface area contributed by atoms with E-state index in [9.17, 15) is 9.59 Å². The molecule has 0 saturated heterocycles. The van der Waals surface area contributed by atoms with Crippen LogP contribution in [0.1, 0.15) is 18.2 Å². The Balaban J connectivity index is 2.09. The lowest BCUT2D eigenvalue weighted by atomic mass is 10.1. The third kappa shape index (κ3) is 5.13. The van der Waals surface area contributed by atoms with Crippen LogP contribution in [0.3, 0.4) is 0 Å². The monoisotopic (exact) mass is 349 g/mol. The summed E-state index contributed by atoms with van der Waals surface area (Å²) in [6, 6.07) is 10.7. The summed E-state index contributed by atoms with van der Waals surface area (Å²) in [5.74, 6) is -0.195. The minimum absolute atomic E-state index is 0.0931. The quantitative estimate of drug-likeness (QED) is 0.719. The molecule has 0 aliphatic rings. The fourth-order valence-corrected chi connectivity index (χ4v) is 2.47. The molecular formula is C18H20ClNO4. The van der Waals surface area contributed by atoms with Crippen molar-refractivity contribution in [3.63, 3.8) is 0 Å². The Kier molecular flexibility index (Phi) is 6.44. The third-order valence-electron chi connectivity index (χ3n) is 3.65. The molecule has 0 aliphatic heterocycles. The molecule has 0 bridgehead atoms. The molecule has 128 valence electrons. The molecular weight excluding hydrogens is 330 g/mol. The first-order valence-corrected chi connectivity index (χ1v) is 8.00. The maximum atomic E-state index is 12.7. The predicted molar refractivity (Wildman–Crippen MR) is 90.5 cm³/mol. The SMILES string of the molecule is COC(=O)C(C)CN(Cc1ccco1)C(=O)Cc1ccc(Cl)cc1. The van der Waals surface area contributed by atoms with Crippen LogP contribution in [-0.4, -0.2) is 30.4 Å². The van der Waals surface area contributed by atoms with E-state index in [1.165, 1.54) is 7.11 Å². The van der Waals surface area contributed by atoms with Gasteiger partial charge in [0.2, 0.25) is 5.91 Å². The Labute approximate surface area is 146 Å². The largest absolute Gasteiger partial charge is 0.469 e. The second kappa shape index (κ2) is 8.55. The lowest BCUT2D eigenvalue weighted by molar-refractivity contribution is -0.146. The van der Waals surface area contributed by atoms with Gasteiger partial charge in [-0.15, -0.1) is 0 Å². The molecule has 0 spiro atoms. The number of carbonyl (C=O) groups excluding carboxylic acids is 2. The zero-order valence-corrected chi connectivity index (χ0v) is 14.5. The molecule has 0 fully saturated rings. The molecule has 1 unspecified atom stereocenters. The topological polar surface area (TPSA) is 59.8 Å². The standard InChI is InChI=1S/C18H20ClNO4/c1-13(18(22)23-2)11-20(12-16-4-3-9-24-16)17(21)10-14-5-7-15(19)8-6-14/h3-9,13H,10-12H2,1-2H3. The van der Waals surface area contributed by atoms with Crippen LogP contribution in [-0.2, 0) is 27.3 Å². The molecule has 1 aromatic carbocycles. The average molecular weight is 350 g/mol. The van der Waals surface area contributed by atoms with Gasteiger partial charge in [-0.2, -0.15) is 0 Å². The number of furan rings is 1. The zero-order chi connectivity index (χ0) is 17.5. The number of methoxy groups -OCH3 is 1. The van der Waals surface area contributed by atoms with E-state index in [1.807, 2.05) is 12.1 Å². The number of nitrogens with zero attached hydrogens (tertiary/aromatic N) is 1. The Hall–Kier alpha value is -2.27. The highest BCUT2D eigenvalue weighted by molar-refractivity contribution is 6.30. The van der Waals surface area contributed by atoms with Crippen LogP contribution < -0.4 is 0 Å². The van der Waals surface area contributed by atoms with Crippen LogP contribution in [0.5, 0.6) is 0 Å². The minimum Gasteiger partial charge on any atom is -0.469 e. The van der Waals surface area contributed by atoms with Crippen molar-refractivity contribution in [1.29, 1.82) is 0 Å². The first kappa shape index (κ1) is 18.1. The highest BCUT2D eigenvalue weighted by atomic mass is 35.5. The van der Waals surface area contributed by atoms with Crippen molar-refractivity contribution in [2.75, 3.05) is 13.7 Å². The highest BCUT2D eigenvalue weighted by Gasteiger charge is 2.22. The molecule has 0 saturated carbocycles. The fraction of sp³-hybridized carbons (Fsp3) is 0.333. The molecule has 5 nitrogen and oxygen atoms in total. The molecule has 1 heterocycles. The number of amides is 1. The van der Waals surface area contributed by atoms with Crippen LogP contribution in [0.2, 0.25) is 5.02 Å². The Morgan fingerprint density at radius 2 is 1.96 bits per heavy atom. The smallest absolute Gasteiger partial charge is 0.310 e. The molecule has 1 amide bonds. The summed E-state index contributed by atoms with van der Waals surface area (Å²) in [6.07, 6.45) is 1.78. The molecule has 0 N–H and O–H groups in total. The molecule has 6 heteroatoms. The van der Waals surface area contributed by atoms with E-state index < -0.39 is 5.92 Å². The van der Waals surface area contributed by atoms with Gasteiger partial charge in [0, 0.05) is 11.6 Å². The first-order chi connectivity index (χ1) is 11.5. The summed E-state index contributed by atoms with van der Waals surface area (Å²) < 4.78 is 10.1. The van der Waals surface area contributed by atoms with Gasteiger partial charge in [0.25, 0.3) is 0 Å². The lowest BCUT2D eigenvalue weighted by Gasteiger charge is -2.24. The molecule has 0 radical (unpaired) electrons. The normalized spacial score (nSPS) is 11.8. The number of ether oxygens (including phenoxy) is 1. The third-order valence-corrected chi connectivity index (χ3v) is 3.90. The second-order valence-electron chi connectivity index (χ2n) is 5.58. The lowest BCUT2D eigenvalue weighted by Crippen LogP contribution is -2.37. The summed E-state index contributed by atoms with van der Waals surface area (Å²) in [5, 5.41) is 0.623. The van der Waals surface area contributed by atoms with Gasteiger partial charge in [0.05, 0.1) is 32.3 Å². The van der Waals surface area contributed by atoms with E-state index in [1.54, 1.807) is 42.4 Å². The molecule has 2 aromatic rings. The maximum absolute atomic E-state index is 12.7. The van der Waals surface area contributed by atoms with Gasteiger partial charge in [-0.3, -0.25) is 9.59 Å². The first-order valence-electron chi connectivity index (χ1n) is 7.62. The van der Waals surface area contributed by atoms with Gasteiger partial charge in [-0.05, 0) is 29.8 Å². The van der Waals surface area contributed by atoms with Gasteiger partial charge >= 0.3 is 5.97 Å². The van der Waals surface area contributed by atoms with E-state index in [0.717, 1.165) is 5.56 Å². The van der Waals surface area contributed by atoms with Crippen molar-refractivity contribution in [1.82, 2.24) is 4.90 Å². The number of rotatable bonds is 7. The minimum atomic E-state index is -0.417. The molecule has 24 heavy (non-hydrogen) atoms. The predicted octanol–water partition coefficient (Wildman–Crippen LogP) is 3.31. The van der Waals surface area contributed by atoms with Crippen LogP contribution in [0, 0.1) is 5.92 Å². The van der Waals surface area contributed by atoms with Crippen LogP contribution in [0.15, 0.2) is 47.1 Å². The van der Waals surface area contributed by atoms with Gasteiger partial charge < -0.3 is 14.1 Å². The van der Waals surface area contributed by atoms with Crippen molar-refractivity contribution in [3.05, 3.63) is 59.0 Å². The van der Waals surface area contributed by atoms with Crippen LogP contribution in [0.25, 0.3) is 0 Å². The Morgan fingerprint density at radius 3 is 2.54 bits per heavy atom. The van der Waals surface area contributed by atoms with Gasteiger partial charge in [0.15, 0.2) is 0 Å². The van der Waals surface area contributed by atoms with Crippen molar-refractivity contribution >= 4 is 23.5 Å². The molecule has 2 rings (SSSR count). The number of halogens is 1. The van der Waals surface area contributed by atoms with E-state index >= 15 is 0 Å². The summed E-state index contributed by atoms with van der Waals surface area (Å²) in [7, 11) is 1.34. The van der Waals surface area contributed by atoms with E-state index in [0.29, 0.717) is 17.3 Å². The summed E-state index contributed by atoms with van der Waals surface area (Å²) in [5.41, 5.74) is 0.861. The Morgan fingerprint density at radius 1 is 1.25 bits per heavy atom. The van der Waals surface area contributed by atoms with E-state index in [-0.39, 0.29) is 24.8 Å².